The van der Waals surface area contributed by atoms with Gasteiger partial charge in [-0.25, -0.2) is 9.78 Å². The van der Waals surface area contributed by atoms with Crippen molar-refractivity contribution in [2.75, 3.05) is 24.6 Å². The van der Waals surface area contributed by atoms with Gasteiger partial charge in [-0.15, -0.1) is 0 Å². The van der Waals surface area contributed by atoms with Gasteiger partial charge < -0.3 is 14.7 Å². The molecule has 1 fully saturated rings. The zero-order valence-corrected chi connectivity index (χ0v) is 13.0. The maximum atomic E-state index is 11.1. The molecule has 3 rings (SSSR count). The Morgan fingerprint density at radius 3 is 3.05 bits per heavy atom. The Labute approximate surface area is 129 Å². The molecule has 6 nitrogen and oxygen atoms in total. The molecule has 1 aliphatic rings. The fourth-order valence-corrected chi connectivity index (χ4v) is 2.91. The number of hydrogen-bond acceptors (Lipinski definition) is 5. The average Bonchev–Trinajstić information content (AvgIpc) is 2.46. The number of carboxylic acid groups (broad SMARTS) is 1. The molecule has 1 N–H and O–H groups in total. The van der Waals surface area contributed by atoms with Crippen molar-refractivity contribution < 1.29 is 14.6 Å². The number of carboxylic acids is 1. The van der Waals surface area contributed by atoms with E-state index in [4.69, 9.17) is 9.84 Å². The van der Waals surface area contributed by atoms with Crippen LogP contribution in [-0.4, -0.2) is 46.8 Å². The predicted molar refractivity (Wildman–Crippen MR) is 81.8 cm³/mol. The average molecular weight is 352 g/mol. The Kier molecular flexibility index (Phi) is 3.77. The van der Waals surface area contributed by atoms with Gasteiger partial charge in [0.25, 0.3) is 0 Å². The number of benzene rings is 1. The van der Waals surface area contributed by atoms with Crippen LogP contribution in [0.2, 0.25) is 0 Å². The Morgan fingerprint density at radius 2 is 2.33 bits per heavy atom. The summed E-state index contributed by atoms with van der Waals surface area (Å²) < 4.78 is 6.15. The highest BCUT2D eigenvalue weighted by atomic mass is 79.9. The summed E-state index contributed by atoms with van der Waals surface area (Å²) in [5, 5.41) is 9.07. The lowest BCUT2D eigenvalue weighted by molar-refractivity contribution is 0.0529. The van der Waals surface area contributed by atoms with Crippen LogP contribution in [0.3, 0.4) is 0 Å². The Bertz CT molecular complexity index is 707. The predicted octanol–water partition coefficient (Wildman–Crippen LogP) is 2.32. The maximum absolute atomic E-state index is 11.1. The summed E-state index contributed by atoms with van der Waals surface area (Å²) in [5.41, 5.74) is 1.42. The first-order chi connectivity index (χ1) is 10.0. The Hall–Kier alpha value is -1.73. The molecule has 1 atom stereocenters. The SMILES string of the molecule is C[C@@H]1CN(c2cnc3cc(C(=O)O)cc(Br)c3n2)CCO1. The highest BCUT2D eigenvalue weighted by molar-refractivity contribution is 9.10. The van der Waals surface area contributed by atoms with Crippen LogP contribution in [0.25, 0.3) is 11.0 Å². The molecule has 110 valence electrons. The van der Waals surface area contributed by atoms with Crippen LogP contribution in [0.4, 0.5) is 5.82 Å². The number of aromatic nitrogens is 2. The topological polar surface area (TPSA) is 75.6 Å². The van der Waals surface area contributed by atoms with E-state index in [0.717, 1.165) is 18.9 Å². The molecule has 1 saturated heterocycles. The lowest BCUT2D eigenvalue weighted by Crippen LogP contribution is -2.41. The molecule has 1 aromatic carbocycles. The van der Waals surface area contributed by atoms with Crippen LogP contribution in [0.15, 0.2) is 22.8 Å². The molecule has 2 heterocycles. The van der Waals surface area contributed by atoms with E-state index in [1.807, 2.05) is 6.92 Å². The molecule has 0 spiro atoms. The summed E-state index contributed by atoms with van der Waals surface area (Å²) in [5.74, 6) is -0.202. The summed E-state index contributed by atoms with van der Waals surface area (Å²) in [7, 11) is 0. The molecule has 1 aliphatic heterocycles. The molecule has 2 aromatic rings. The van der Waals surface area contributed by atoms with Crippen molar-refractivity contribution in [3.05, 3.63) is 28.4 Å². The van der Waals surface area contributed by atoms with Crippen LogP contribution in [-0.2, 0) is 4.74 Å². The van der Waals surface area contributed by atoms with E-state index in [2.05, 4.69) is 30.8 Å². The zero-order valence-electron chi connectivity index (χ0n) is 11.4. The van der Waals surface area contributed by atoms with E-state index in [0.29, 0.717) is 22.1 Å². The molecule has 7 heteroatoms. The number of nitrogens with zero attached hydrogens (tertiary/aromatic N) is 3. The van der Waals surface area contributed by atoms with Gasteiger partial charge in [0.1, 0.15) is 11.3 Å². The third kappa shape index (κ3) is 2.84. The van der Waals surface area contributed by atoms with Crippen molar-refractivity contribution in [3.63, 3.8) is 0 Å². The third-order valence-corrected chi connectivity index (χ3v) is 4.01. The van der Waals surface area contributed by atoms with Crippen LogP contribution in [0, 0.1) is 0 Å². The number of hydrogen-bond donors (Lipinski definition) is 1. The van der Waals surface area contributed by atoms with Gasteiger partial charge in [0.2, 0.25) is 0 Å². The number of fused-ring (bicyclic) bond motifs is 1. The first kappa shape index (κ1) is 14.2. The molecule has 0 amide bonds. The molecular formula is C14H14BrN3O3. The number of aromatic carboxylic acids is 1. The van der Waals surface area contributed by atoms with Gasteiger partial charge >= 0.3 is 5.97 Å². The molecule has 0 unspecified atom stereocenters. The smallest absolute Gasteiger partial charge is 0.335 e. The second kappa shape index (κ2) is 5.57. The fourth-order valence-electron chi connectivity index (χ4n) is 2.37. The van der Waals surface area contributed by atoms with E-state index in [1.54, 1.807) is 12.3 Å². The van der Waals surface area contributed by atoms with Crippen molar-refractivity contribution in [2.24, 2.45) is 0 Å². The second-order valence-corrected chi connectivity index (χ2v) is 5.84. The quantitative estimate of drug-likeness (QED) is 0.894. The van der Waals surface area contributed by atoms with Crippen LogP contribution in [0.5, 0.6) is 0 Å². The monoisotopic (exact) mass is 351 g/mol. The van der Waals surface area contributed by atoms with Crippen LogP contribution in [0.1, 0.15) is 17.3 Å². The van der Waals surface area contributed by atoms with Gasteiger partial charge in [0, 0.05) is 17.6 Å². The number of rotatable bonds is 2. The molecule has 0 bridgehead atoms. The second-order valence-electron chi connectivity index (χ2n) is 4.99. The maximum Gasteiger partial charge on any atom is 0.335 e. The normalized spacial score (nSPS) is 19.0. The van der Waals surface area contributed by atoms with Gasteiger partial charge in [0.05, 0.1) is 30.0 Å². The molecule has 0 aliphatic carbocycles. The summed E-state index contributed by atoms with van der Waals surface area (Å²) in [6, 6.07) is 3.08. The number of morpholine rings is 1. The minimum atomic E-state index is -0.981. The number of carbonyl (C=O) groups is 1. The summed E-state index contributed by atoms with van der Waals surface area (Å²) in [6.07, 6.45) is 1.84. The highest BCUT2D eigenvalue weighted by Gasteiger charge is 2.19. The highest BCUT2D eigenvalue weighted by Crippen LogP contribution is 2.26. The molecule has 1 aromatic heterocycles. The lowest BCUT2D eigenvalue weighted by Gasteiger charge is -2.31. The number of anilines is 1. The largest absolute Gasteiger partial charge is 0.478 e. The first-order valence-corrected chi connectivity index (χ1v) is 7.40. The summed E-state index contributed by atoms with van der Waals surface area (Å²) in [6.45, 7) is 4.23. The minimum Gasteiger partial charge on any atom is -0.478 e. The van der Waals surface area contributed by atoms with Crippen molar-refractivity contribution in [1.82, 2.24) is 9.97 Å². The molecule has 0 radical (unpaired) electrons. The molecule has 0 saturated carbocycles. The van der Waals surface area contributed by atoms with Gasteiger partial charge in [-0.2, -0.15) is 0 Å². The zero-order chi connectivity index (χ0) is 15.0. The van der Waals surface area contributed by atoms with E-state index in [9.17, 15) is 4.79 Å². The number of ether oxygens (including phenoxy) is 1. The van der Waals surface area contributed by atoms with E-state index < -0.39 is 5.97 Å². The standard InChI is InChI=1S/C14H14BrN3O3/c1-8-7-18(2-3-21-8)12-6-16-11-5-9(14(19)20)4-10(15)13(11)17-12/h4-6,8H,2-3,7H2,1H3,(H,19,20)/t8-/m1/s1. The van der Waals surface area contributed by atoms with Crippen molar-refractivity contribution in [2.45, 2.75) is 13.0 Å². The lowest BCUT2D eigenvalue weighted by atomic mass is 10.2. The third-order valence-electron chi connectivity index (χ3n) is 3.40. The minimum absolute atomic E-state index is 0.161. The Balaban J connectivity index is 2.02. The van der Waals surface area contributed by atoms with Gasteiger partial charge in [-0.05, 0) is 35.0 Å². The Morgan fingerprint density at radius 1 is 1.52 bits per heavy atom. The van der Waals surface area contributed by atoms with Crippen LogP contribution >= 0.6 is 15.9 Å². The summed E-state index contributed by atoms with van der Waals surface area (Å²) in [4.78, 5) is 22.1. The van der Waals surface area contributed by atoms with Gasteiger partial charge in [-0.3, -0.25) is 4.98 Å². The van der Waals surface area contributed by atoms with Crippen molar-refractivity contribution in [1.29, 1.82) is 0 Å². The molecule has 21 heavy (non-hydrogen) atoms. The molecular weight excluding hydrogens is 338 g/mol. The summed E-state index contributed by atoms with van der Waals surface area (Å²) >= 11 is 3.38. The van der Waals surface area contributed by atoms with E-state index in [1.165, 1.54) is 6.07 Å². The van der Waals surface area contributed by atoms with E-state index in [-0.39, 0.29) is 11.7 Å². The van der Waals surface area contributed by atoms with Crippen molar-refractivity contribution in [3.8, 4) is 0 Å². The number of halogens is 1. The van der Waals surface area contributed by atoms with Crippen molar-refractivity contribution >= 4 is 38.8 Å². The van der Waals surface area contributed by atoms with Crippen LogP contribution < -0.4 is 4.90 Å². The van der Waals surface area contributed by atoms with E-state index >= 15 is 0 Å². The van der Waals surface area contributed by atoms with Gasteiger partial charge in [0.15, 0.2) is 0 Å². The first-order valence-electron chi connectivity index (χ1n) is 6.61. The fraction of sp³-hybridized carbons (Fsp3) is 0.357. The van der Waals surface area contributed by atoms with Gasteiger partial charge in [-0.1, -0.05) is 0 Å².